The first-order chi connectivity index (χ1) is 24.9. The summed E-state index contributed by atoms with van der Waals surface area (Å²) in [6, 6.07) is 9.43. The number of carbonyl (C=O) groups is 4. The molecule has 22 heteroatoms. The summed E-state index contributed by atoms with van der Waals surface area (Å²) in [4.78, 5) is 58.3. The van der Waals surface area contributed by atoms with E-state index >= 15 is 0 Å². The zero-order valence-electron chi connectivity index (χ0n) is 26.9. The molecule has 6 rings (SSSR count). The van der Waals surface area contributed by atoms with E-state index in [0.717, 1.165) is 41.0 Å². The zero-order valence-corrected chi connectivity index (χ0v) is 27.7. The molecule has 282 valence electrons. The van der Waals surface area contributed by atoms with Crippen LogP contribution in [0.1, 0.15) is 34.5 Å². The van der Waals surface area contributed by atoms with Crippen molar-refractivity contribution in [2.24, 2.45) is 5.92 Å². The second kappa shape index (κ2) is 17.0. The van der Waals surface area contributed by atoms with Crippen LogP contribution in [-0.2, 0) is 27.2 Å². The lowest BCUT2D eigenvalue weighted by atomic mass is 10.0. The molecule has 2 aliphatic heterocycles. The number of likely N-dealkylation sites (tertiary alicyclic amines) is 1. The molecule has 6 bridgehead atoms. The van der Waals surface area contributed by atoms with E-state index in [1.807, 2.05) is 30.5 Å². The van der Waals surface area contributed by atoms with E-state index in [1.165, 1.54) is 6.20 Å². The Hall–Kier alpha value is -5.99. The van der Waals surface area contributed by atoms with Gasteiger partial charge in [-0.05, 0) is 66.6 Å². The van der Waals surface area contributed by atoms with Gasteiger partial charge in [-0.2, -0.15) is 36.4 Å². The molecule has 3 aromatic heterocycles. The van der Waals surface area contributed by atoms with Gasteiger partial charge in [0.1, 0.15) is 10.7 Å². The standard InChI is InChI=1S/C27H26ClN9O2.2C2HF3O2/c28-21-14-30-27-33-20-9-16(12-29-13-20)1-2-18-11-19(32-25(21)35-27)3-4-22(18)34-24(38)10-17-6-8-37(15-17)26(39)23-5-7-31-36-23;2*3-2(4,5)1(6)7/h3-5,7,9,11-14,17H,1-2,6,8,10,15H2,(H,31,36)(H,34,38)(H2,30,32,33,35);2*(H,6,7)/t17-;;/m0../s1. The molecule has 4 aromatic rings. The van der Waals surface area contributed by atoms with E-state index in [-0.39, 0.29) is 17.7 Å². The number of halogens is 7. The lowest BCUT2D eigenvalue weighted by Gasteiger charge is -2.17. The van der Waals surface area contributed by atoms with E-state index in [1.54, 1.807) is 23.4 Å². The van der Waals surface area contributed by atoms with Crippen molar-refractivity contribution in [3.63, 3.8) is 0 Å². The van der Waals surface area contributed by atoms with E-state index in [4.69, 9.17) is 31.4 Å². The van der Waals surface area contributed by atoms with Crippen LogP contribution in [0.3, 0.4) is 0 Å². The van der Waals surface area contributed by atoms with Gasteiger partial charge in [-0.25, -0.2) is 14.6 Å². The molecular formula is C31H28ClF6N9O6. The Morgan fingerprint density at radius 3 is 2.26 bits per heavy atom. The number of amides is 2. The Bertz CT molecular complexity index is 1920. The number of carboxylic acid groups (broad SMARTS) is 2. The number of benzene rings is 1. The molecule has 2 amide bonds. The van der Waals surface area contributed by atoms with Crippen LogP contribution in [0.5, 0.6) is 0 Å². The first-order valence-electron chi connectivity index (χ1n) is 15.2. The van der Waals surface area contributed by atoms with Crippen molar-refractivity contribution in [1.82, 2.24) is 30.0 Å². The maximum Gasteiger partial charge on any atom is 0.490 e. The second-order valence-corrected chi connectivity index (χ2v) is 11.7. The monoisotopic (exact) mass is 771 g/mol. The zero-order chi connectivity index (χ0) is 38.9. The molecule has 0 spiro atoms. The maximum absolute atomic E-state index is 13.1. The van der Waals surface area contributed by atoms with Crippen LogP contribution in [0.4, 0.5) is 55.2 Å². The quantitative estimate of drug-likeness (QED) is 0.140. The number of pyridine rings is 1. The fourth-order valence-electron chi connectivity index (χ4n) is 4.94. The number of carbonyl (C=O) groups excluding carboxylic acids is 2. The van der Waals surface area contributed by atoms with Gasteiger partial charge in [0, 0.05) is 43.3 Å². The topological polar surface area (TPSA) is 215 Å². The van der Waals surface area contributed by atoms with Crippen LogP contribution >= 0.6 is 11.6 Å². The van der Waals surface area contributed by atoms with Crippen LogP contribution < -0.4 is 16.0 Å². The lowest BCUT2D eigenvalue weighted by molar-refractivity contribution is -0.193. The Kier molecular flexibility index (Phi) is 12.8. The first-order valence-corrected chi connectivity index (χ1v) is 15.6. The number of aryl methyl sites for hydroxylation is 2. The molecule has 5 heterocycles. The third-order valence-corrected chi connectivity index (χ3v) is 7.65. The molecule has 1 atom stereocenters. The molecule has 0 unspecified atom stereocenters. The molecule has 2 aliphatic rings. The van der Waals surface area contributed by atoms with Crippen molar-refractivity contribution < 1.29 is 55.7 Å². The highest BCUT2D eigenvalue weighted by Crippen LogP contribution is 2.30. The van der Waals surface area contributed by atoms with Crippen molar-refractivity contribution in [2.45, 2.75) is 38.0 Å². The molecule has 53 heavy (non-hydrogen) atoms. The number of carboxylic acids is 2. The van der Waals surface area contributed by atoms with Gasteiger partial charge in [0.15, 0.2) is 5.82 Å². The van der Waals surface area contributed by atoms with Crippen LogP contribution in [0.15, 0.2) is 55.1 Å². The molecule has 0 aliphatic carbocycles. The highest BCUT2D eigenvalue weighted by Gasteiger charge is 2.39. The number of H-pyrrole nitrogens is 1. The number of nitrogens with one attached hydrogen (secondary N) is 4. The van der Waals surface area contributed by atoms with Crippen LogP contribution in [0.2, 0.25) is 5.02 Å². The van der Waals surface area contributed by atoms with Crippen molar-refractivity contribution in [3.8, 4) is 0 Å². The van der Waals surface area contributed by atoms with Crippen molar-refractivity contribution in [2.75, 3.05) is 29.0 Å². The van der Waals surface area contributed by atoms with Crippen molar-refractivity contribution >= 4 is 64.2 Å². The third-order valence-electron chi connectivity index (χ3n) is 7.37. The number of alkyl halides is 6. The number of rotatable bonds is 4. The molecule has 6 N–H and O–H groups in total. The number of anilines is 5. The first kappa shape index (κ1) is 39.8. The summed E-state index contributed by atoms with van der Waals surface area (Å²) in [5.41, 5.74) is 4.72. The number of aromatic amines is 1. The summed E-state index contributed by atoms with van der Waals surface area (Å²) < 4.78 is 63.5. The predicted octanol–water partition coefficient (Wildman–Crippen LogP) is 5.59. The summed E-state index contributed by atoms with van der Waals surface area (Å²) in [7, 11) is 0. The van der Waals surface area contributed by atoms with Crippen LogP contribution in [0, 0.1) is 5.92 Å². The molecule has 1 fully saturated rings. The fourth-order valence-corrected chi connectivity index (χ4v) is 5.08. The Morgan fingerprint density at radius 2 is 1.62 bits per heavy atom. The van der Waals surface area contributed by atoms with E-state index in [0.29, 0.717) is 48.4 Å². The summed E-state index contributed by atoms with van der Waals surface area (Å²) in [5, 5.41) is 30.8. The average molecular weight is 772 g/mol. The summed E-state index contributed by atoms with van der Waals surface area (Å²) in [6.45, 7) is 1.15. The van der Waals surface area contributed by atoms with Gasteiger partial charge in [0.05, 0.1) is 18.1 Å². The highest BCUT2D eigenvalue weighted by atomic mass is 35.5. The number of aliphatic carboxylic acids is 2. The molecular weight excluding hydrogens is 744 g/mol. The molecule has 0 radical (unpaired) electrons. The summed E-state index contributed by atoms with van der Waals surface area (Å²) >= 11 is 6.36. The number of aromatic nitrogens is 5. The minimum atomic E-state index is -5.08. The van der Waals surface area contributed by atoms with Crippen molar-refractivity contribution in [3.05, 3.63) is 77.0 Å². The number of nitrogens with zero attached hydrogens (tertiary/aromatic N) is 5. The lowest BCUT2D eigenvalue weighted by Crippen LogP contribution is -2.29. The number of fused-ring (bicyclic) bond motifs is 6. The smallest absolute Gasteiger partial charge is 0.475 e. The third kappa shape index (κ3) is 11.8. The van der Waals surface area contributed by atoms with E-state index in [2.05, 4.69) is 41.1 Å². The van der Waals surface area contributed by atoms with Crippen LogP contribution in [-0.4, -0.2) is 89.5 Å². The number of hydrogen-bond acceptors (Lipinski definition) is 10. The van der Waals surface area contributed by atoms with E-state index in [9.17, 15) is 35.9 Å². The summed E-state index contributed by atoms with van der Waals surface area (Å²) in [6.07, 6.45) is -0.938. The number of hydrogen-bond donors (Lipinski definition) is 6. The molecule has 1 aromatic carbocycles. The van der Waals surface area contributed by atoms with Gasteiger partial charge in [0.25, 0.3) is 5.91 Å². The SMILES string of the molecule is O=C(C[C@@H]1CCN(C(=O)c2cc[nH]n2)C1)Nc1ccc2cc1CCc1cncc(c1)Nc1ncc(Cl)c(n1)N2.O=C(O)C(F)(F)F.O=C(O)C(F)(F)F. The van der Waals surface area contributed by atoms with Gasteiger partial charge in [-0.1, -0.05) is 11.6 Å². The van der Waals surface area contributed by atoms with Crippen LogP contribution in [0.25, 0.3) is 0 Å². The minimum Gasteiger partial charge on any atom is -0.475 e. The largest absolute Gasteiger partial charge is 0.490 e. The van der Waals surface area contributed by atoms with Crippen molar-refractivity contribution in [1.29, 1.82) is 0 Å². The average Bonchev–Trinajstić information content (AvgIpc) is 3.79. The molecule has 1 saturated heterocycles. The fraction of sp³-hybridized carbons (Fsp3) is 0.290. The Labute approximate surface area is 299 Å². The summed E-state index contributed by atoms with van der Waals surface area (Å²) in [5.74, 6) is -4.74. The molecule has 15 nitrogen and oxygen atoms in total. The Balaban J connectivity index is 0.000000381. The highest BCUT2D eigenvalue weighted by molar-refractivity contribution is 6.32. The Morgan fingerprint density at radius 1 is 0.925 bits per heavy atom. The van der Waals surface area contributed by atoms with Gasteiger partial charge >= 0.3 is 24.3 Å². The maximum atomic E-state index is 13.1. The van der Waals surface area contributed by atoms with Gasteiger partial charge < -0.3 is 31.1 Å². The normalized spacial score (nSPS) is 14.9. The van der Waals surface area contributed by atoms with Gasteiger partial charge in [-0.3, -0.25) is 19.7 Å². The van der Waals surface area contributed by atoms with Gasteiger partial charge in [0.2, 0.25) is 11.9 Å². The van der Waals surface area contributed by atoms with E-state index < -0.39 is 24.3 Å². The predicted molar refractivity (Wildman–Crippen MR) is 175 cm³/mol. The minimum absolute atomic E-state index is 0.0784. The van der Waals surface area contributed by atoms with Gasteiger partial charge in [-0.15, -0.1) is 0 Å². The molecule has 0 saturated carbocycles. The second-order valence-electron chi connectivity index (χ2n) is 11.3.